The Morgan fingerprint density at radius 2 is 1.18 bits per heavy atom. The van der Waals surface area contributed by atoms with Crippen LogP contribution in [0.25, 0.3) is 0 Å². The fourth-order valence-electron chi connectivity index (χ4n) is 2.38. The number of hydrogen-bond donors (Lipinski definition) is 0. The van der Waals surface area contributed by atoms with Crippen LogP contribution in [0, 0.1) is 5.92 Å². The van der Waals surface area contributed by atoms with Crippen LogP contribution in [0.5, 0.6) is 0 Å². The molecule has 0 saturated heterocycles. The van der Waals surface area contributed by atoms with Crippen molar-refractivity contribution in [3.63, 3.8) is 0 Å². The van der Waals surface area contributed by atoms with Crippen molar-refractivity contribution in [1.29, 1.82) is 0 Å². The molecule has 6 heteroatoms. The number of carboxylic acids is 2. The molecule has 0 heterocycles. The van der Waals surface area contributed by atoms with E-state index in [0.717, 1.165) is 19.3 Å². The van der Waals surface area contributed by atoms with E-state index in [1.807, 2.05) is 0 Å². The molecule has 1 atom stereocenters. The molecule has 0 radical (unpaired) electrons. The largest absolute Gasteiger partial charge is 1.00 e. The van der Waals surface area contributed by atoms with Crippen LogP contribution in [0.1, 0.15) is 84.0 Å². The number of carbonyl (C=O) groups is 2. The van der Waals surface area contributed by atoms with Gasteiger partial charge in [-0.25, -0.2) is 0 Å². The van der Waals surface area contributed by atoms with Crippen molar-refractivity contribution in [3.8, 4) is 0 Å². The van der Waals surface area contributed by atoms with Gasteiger partial charge in [0.15, 0.2) is 0 Å². The van der Waals surface area contributed by atoms with Crippen molar-refractivity contribution in [3.05, 3.63) is 0 Å². The number of rotatable bonds is 14. The summed E-state index contributed by atoms with van der Waals surface area (Å²) in [6, 6.07) is 0. The number of aliphatic carboxylic acids is 2. The van der Waals surface area contributed by atoms with Gasteiger partial charge in [-0.15, -0.1) is 0 Å². The molecule has 0 rings (SSSR count). The first kappa shape index (κ1) is 27.8. The van der Waals surface area contributed by atoms with Gasteiger partial charge < -0.3 is 19.8 Å². The molecule has 22 heavy (non-hydrogen) atoms. The normalized spacial score (nSPS) is 11.1. The molecule has 0 fully saturated rings. The van der Waals surface area contributed by atoms with Gasteiger partial charge in [0, 0.05) is 17.9 Å². The minimum absolute atomic E-state index is 0. The van der Waals surface area contributed by atoms with Crippen LogP contribution in [0.3, 0.4) is 0 Å². The third-order valence-corrected chi connectivity index (χ3v) is 3.65. The summed E-state index contributed by atoms with van der Waals surface area (Å²) in [7, 11) is 0. The van der Waals surface area contributed by atoms with Crippen LogP contribution in [0.2, 0.25) is 0 Å². The summed E-state index contributed by atoms with van der Waals surface area (Å²) in [5.74, 6) is -3.48. The zero-order valence-electron chi connectivity index (χ0n) is 14.7. The maximum atomic E-state index is 10.7. The van der Waals surface area contributed by atoms with Crippen LogP contribution < -0.4 is 69.3 Å². The summed E-state index contributed by atoms with van der Waals surface area (Å²) in [5.41, 5.74) is 0. The van der Waals surface area contributed by atoms with E-state index >= 15 is 0 Å². The molecular formula is C16H28Na2O4. The molecule has 0 saturated carbocycles. The van der Waals surface area contributed by atoms with E-state index in [1.54, 1.807) is 0 Å². The van der Waals surface area contributed by atoms with E-state index in [2.05, 4.69) is 6.92 Å². The van der Waals surface area contributed by atoms with Gasteiger partial charge in [-0.05, 0) is 12.8 Å². The second-order valence-corrected chi connectivity index (χ2v) is 5.56. The monoisotopic (exact) mass is 330 g/mol. The van der Waals surface area contributed by atoms with Crippen molar-refractivity contribution in [2.24, 2.45) is 5.92 Å². The second kappa shape index (κ2) is 20.0. The number of hydrogen-bond acceptors (Lipinski definition) is 4. The third-order valence-electron chi connectivity index (χ3n) is 3.65. The SMILES string of the molecule is CCCCCCCCCCCCC(CC(=O)[O-])C(=O)[O-].[Na+].[Na+]. The Morgan fingerprint density at radius 3 is 1.55 bits per heavy atom. The molecule has 1 unspecified atom stereocenters. The molecule has 0 N–H and O–H groups in total. The Bertz CT molecular complexity index is 273. The first-order valence-electron chi connectivity index (χ1n) is 7.98. The van der Waals surface area contributed by atoms with Gasteiger partial charge in [0.2, 0.25) is 0 Å². The fourth-order valence-corrected chi connectivity index (χ4v) is 2.38. The van der Waals surface area contributed by atoms with E-state index in [4.69, 9.17) is 0 Å². The summed E-state index contributed by atoms with van der Waals surface area (Å²) >= 11 is 0. The number of carbonyl (C=O) groups excluding carboxylic acids is 2. The Balaban J connectivity index is -0.00000180. The molecule has 0 aromatic heterocycles. The summed E-state index contributed by atoms with van der Waals surface area (Å²) in [6.45, 7) is 2.21. The summed E-state index contributed by atoms with van der Waals surface area (Å²) < 4.78 is 0. The van der Waals surface area contributed by atoms with Crippen molar-refractivity contribution >= 4 is 11.9 Å². The molecule has 0 aromatic rings. The molecule has 0 bridgehead atoms. The van der Waals surface area contributed by atoms with Crippen molar-refractivity contribution < 1.29 is 78.9 Å². The van der Waals surface area contributed by atoms with Crippen LogP contribution in [0.15, 0.2) is 0 Å². The molecule has 0 aliphatic rings. The van der Waals surface area contributed by atoms with Gasteiger partial charge in [-0.1, -0.05) is 71.1 Å². The fraction of sp³-hybridized carbons (Fsp3) is 0.875. The van der Waals surface area contributed by atoms with Crippen LogP contribution in [-0.4, -0.2) is 11.9 Å². The van der Waals surface area contributed by atoms with Crippen molar-refractivity contribution in [2.75, 3.05) is 0 Å². The summed E-state index contributed by atoms with van der Waals surface area (Å²) in [5, 5.41) is 21.1. The Hall–Kier alpha value is 0.940. The first-order chi connectivity index (χ1) is 9.57. The number of carboxylic acid groups (broad SMARTS) is 2. The molecule has 0 amide bonds. The molecule has 0 aliphatic heterocycles. The van der Waals surface area contributed by atoms with Gasteiger partial charge >= 0.3 is 59.1 Å². The van der Waals surface area contributed by atoms with Gasteiger partial charge in [-0.2, -0.15) is 0 Å². The van der Waals surface area contributed by atoms with Gasteiger partial charge in [0.1, 0.15) is 0 Å². The zero-order valence-corrected chi connectivity index (χ0v) is 18.7. The molecular weight excluding hydrogens is 302 g/mol. The molecule has 0 spiro atoms. The first-order valence-corrected chi connectivity index (χ1v) is 7.98. The standard InChI is InChI=1S/C16H30O4.2Na/c1-2-3-4-5-6-7-8-9-10-11-12-14(16(19)20)13-15(17)18;;/h14H,2-13H2,1H3,(H,17,18)(H,19,20);;/q;2*+1/p-2. The predicted octanol–water partition coefficient (Wildman–Crippen LogP) is -4.19. The maximum absolute atomic E-state index is 10.7. The number of unbranched alkanes of at least 4 members (excludes halogenated alkanes) is 9. The molecule has 0 aromatic carbocycles. The summed E-state index contributed by atoms with van der Waals surface area (Å²) in [6.07, 6.45) is 11.7. The molecule has 4 nitrogen and oxygen atoms in total. The van der Waals surface area contributed by atoms with E-state index in [1.165, 1.54) is 44.9 Å². The van der Waals surface area contributed by atoms with E-state index in [-0.39, 0.29) is 59.1 Å². The van der Waals surface area contributed by atoms with Gasteiger partial charge in [0.05, 0.1) is 0 Å². The average Bonchev–Trinajstić information content (AvgIpc) is 2.39. The second-order valence-electron chi connectivity index (χ2n) is 5.56. The summed E-state index contributed by atoms with van der Waals surface area (Å²) in [4.78, 5) is 21.1. The van der Waals surface area contributed by atoms with E-state index < -0.39 is 24.3 Å². The Morgan fingerprint density at radius 1 is 0.773 bits per heavy atom. The Kier molecular flexibility index (Phi) is 25.2. The zero-order chi connectivity index (χ0) is 15.2. The quantitative estimate of drug-likeness (QED) is 0.239. The molecule has 118 valence electrons. The smallest absolute Gasteiger partial charge is 0.550 e. The van der Waals surface area contributed by atoms with E-state index in [9.17, 15) is 19.8 Å². The average molecular weight is 330 g/mol. The predicted molar refractivity (Wildman–Crippen MR) is 74.6 cm³/mol. The molecule has 0 aliphatic carbocycles. The van der Waals surface area contributed by atoms with Crippen LogP contribution >= 0.6 is 0 Å². The van der Waals surface area contributed by atoms with Gasteiger partial charge in [-0.3, -0.25) is 0 Å². The minimum Gasteiger partial charge on any atom is -0.550 e. The minimum atomic E-state index is -1.31. The maximum Gasteiger partial charge on any atom is 1.00 e. The Labute approximate surface area is 179 Å². The van der Waals surface area contributed by atoms with Gasteiger partial charge in [0.25, 0.3) is 0 Å². The topological polar surface area (TPSA) is 80.3 Å². The van der Waals surface area contributed by atoms with E-state index in [0.29, 0.717) is 6.42 Å². The van der Waals surface area contributed by atoms with Crippen molar-refractivity contribution in [1.82, 2.24) is 0 Å². The third kappa shape index (κ3) is 19.0. The van der Waals surface area contributed by atoms with Crippen molar-refractivity contribution in [2.45, 2.75) is 84.0 Å². The van der Waals surface area contributed by atoms with Crippen LogP contribution in [-0.2, 0) is 9.59 Å². The van der Waals surface area contributed by atoms with Crippen LogP contribution in [0.4, 0.5) is 0 Å².